The summed E-state index contributed by atoms with van der Waals surface area (Å²) in [4.78, 5) is 37.6. The first-order valence-electron chi connectivity index (χ1n) is 12.0. The Labute approximate surface area is 196 Å². The van der Waals surface area contributed by atoms with Gasteiger partial charge in [0.2, 0.25) is 27.7 Å². The SMILES string of the molecule is CC(CC/C=C\C1CC1C(=O)NS(=O)(=O)C1CC1)CC(C)CC(=O)N1CC(O)CC1C(N)=O. The van der Waals surface area contributed by atoms with Gasteiger partial charge in [0.15, 0.2) is 0 Å². The smallest absolute Gasteiger partial charge is 0.240 e. The van der Waals surface area contributed by atoms with Crippen molar-refractivity contribution in [1.29, 1.82) is 0 Å². The lowest BCUT2D eigenvalue weighted by Crippen LogP contribution is -2.44. The molecule has 6 unspecified atom stereocenters. The number of aliphatic hydroxyl groups excluding tert-OH is 1. The molecule has 3 fully saturated rings. The van der Waals surface area contributed by atoms with E-state index in [1.54, 1.807) is 0 Å². The number of β-amino-alcohol motifs (C(OH)–C–C–N with tert-alkyl or cyclic N) is 1. The van der Waals surface area contributed by atoms with Crippen LogP contribution in [0.25, 0.3) is 0 Å². The van der Waals surface area contributed by atoms with Gasteiger partial charge in [-0.25, -0.2) is 8.42 Å². The third kappa shape index (κ3) is 7.27. The predicted octanol–water partition coefficient (Wildman–Crippen LogP) is 1.07. The molecule has 2 saturated carbocycles. The summed E-state index contributed by atoms with van der Waals surface area (Å²) in [5, 5.41) is 9.39. The lowest BCUT2D eigenvalue weighted by Gasteiger charge is -2.24. The van der Waals surface area contributed by atoms with E-state index in [0.29, 0.717) is 31.6 Å². The van der Waals surface area contributed by atoms with Crippen LogP contribution in [-0.4, -0.2) is 60.1 Å². The molecule has 6 atom stereocenters. The number of carbonyl (C=O) groups is 3. The average molecular weight is 484 g/mol. The van der Waals surface area contributed by atoms with Crippen molar-refractivity contribution in [2.24, 2.45) is 29.4 Å². The second kappa shape index (κ2) is 10.5. The summed E-state index contributed by atoms with van der Waals surface area (Å²) in [6, 6.07) is -0.718. The van der Waals surface area contributed by atoms with Gasteiger partial charge in [-0.3, -0.25) is 19.1 Å². The largest absolute Gasteiger partial charge is 0.391 e. The van der Waals surface area contributed by atoms with Crippen molar-refractivity contribution in [2.75, 3.05) is 6.54 Å². The van der Waals surface area contributed by atoms with Crippen molar-refractivity contribution in [3.05, 3.63) is 12.2 Å². The minimum atomic E-state index is -3.47. The minimum Gasteiger partial charge on any atom is -0.391 e. The molecule has 33 heavy (non-hydrogen) atoms. The van der Waals surface area contributed by atoms with Gasteiger partial charge in [0, 0.05) is 25.3 Å². The highest BCUT2D eigenvalue weighted by molar-refractivity contribution is 7.90. The molecule has 0 radical (unpaired) electrons. The van der Waals surface area contributed by atoms with Crippen LogP contribution in [0.5, 0.6) is 0 Å². The van der Waals surface area contributed by atoms with E-state index in [-0.39, 0.29) is 47.8 Å². The number of nitrogens with two attached hydrogens (primary N) is 1. The Morgan fingerprint density at radius 1 is 1.18 bits per heavy atom. The van der Waals surface area contributed by atoms with Crippen LogP contribution in [0, 0.1) is 23.7 Å². The van der Waals surface area contributed by atoms with E-state index in [2.05, 4.69) is 17.7 Å². The molecule has 0 aromatic heterocycles. The number of hydrogen-bond donors (Lipinski definition) is 3. The highest BCUT2D eigenvalue weighted by atomic mass is 32.2. The maximum atomic E-state index is 12.6. The van der Waals surface area contributed by atoms with E-state index < -0.39 is 28.1 Å². The highest BCUT2D eigenvalue weighted by Gasteiger charge is 2.45. The van der Waals surface area contributed by atoms with E-state index in [0.717, 1.165) is 19.3 Å². The third-order valence-electron chi connectivity index (χ3n) is 6.85. The molecule has 10 heteroatoms. The molecule has 186 valence electrons. The van der Waals surface area contributed by atoms with E-state index in [1.165, 1.54) is 4.90 Å². The van der Waals surface area contributed by atoms with Crippen LogP contribution in [0.1, 0.15) is 65.2 Å². The Kier molecular flexibility index (Phi) is 8.21. The first-order valence-corrected chi connectivity index (χ1v) is 13.5. The number of carbonyl (C=O) groups excluding carboxylic acids is 3. The predicted molar refractivity (Wildman–Crippen MR) is 123 cm³/mol. The highest BCUT2D eigenvalue weighted by Crippen LogP contribution is 2.40. The van der Waals surface area contributed by atoms with Crippen molar-refractivity contribution in [2.45, 2.75) is 82.6 Å². The summed E-state index contributed by atoms with van der Waals surface area (Å²) in [6.45, 7) is 4.31. The number of nitrogens with one attached hydrogen (secondary N) is 1. The molecule has 2 aliphatic carbocycles. The number of aliphatic hydroxyl groups is 1. The zero-order chi connectivity index (χ0) is 24.3. The molecular formula is C23H37N3O6S. The Hall–Kier alpha value is -1.94. The average Bonchev–Trinajstić information content (AvgIpc) is 3.62. The van der Waals surface area contributed by atoms with Gasteiger partial charge >= 0.3 is 0 Å². The van der Waals surface area contributed by atoms with E-state index in [9.17, 15) is 27.9 Å². The number of allylic oxidation sites excluding steroid dienone is 2. The molecule has 3 rings (SSSR count). The molecule has 0 aromatic rings. The summed E-state index contributed by atoms with van der Waals surface area (Å²) < 4.78 is 25.9. The van der Waals surface area contributed by atoms with Crippen molar-refractivity contribution < 1.29 is 27.9 Å². The number of amides is 3. The molecule has 0 aromatic carbocycles. The Morgan fingerprint density at radius 3 is 2.52 bits per heavy atom. The fraction of sp³-hybridized carbons (Fsp3) is 0.783. The van der Waals surface area contributed by atoms with Crippen LogP contribution in [0.2, 0.25) is 0 Å². The van der Waals surface area contributed by atoms with Gasteiger partial charge in [-0.2, -0.15) is 0 Å². The van der Waals surface area contributed by atoms with Crippen LogP contribution in [0.3, 0.4) is 0 Å². The van der Waals surface area contributed by atoms with Gasteiger partial charge in [-0.1, -0.05) is 26.0 Å². The lowest BCUT2D eigenvalue weighted by atomic mass is 9.91. The van der Waals surface area contributed by atoms with Gasteiger partial charge in [-0.15, -0.1) is 0 Å². The molecule has 1 aliphatic heterocycles. The molecule has 9 nitrogen and oxygen atoms in total. The van der Waals surface area contributed by atoms with E-state index in [1.807, 2.05) is 13.0 Å². The minimum absolute atomic E-state index is 0.111. The Morgan fingerprint density at radius 2 is 1.88 bits per heavy atom. The summed E-state index contributed by atoms with van der Waals surface area (Å²) >= 11 is 0. The Bertz CT molecular complexity index is 885. The zero-order valence-electron chi connectivity index (χ0n) is 19.5. The second-order valence-corrected chi connectivity index (χ2v) is 12.2. The number of nitrogens with zero attached hydrogens (tertiary/aromatic N) is 1. The molecule has 0 bridgehead atoms. The third-order valence-corrected chi connectivity index (χ3v) is 8.68. The molecule has 1 heterocycles. The van der Waals surface area contributed by atoms with Crippen molar-refractivity contribution in [1.82, 2.24) is 9.62 Å². The van der Waals surface area contributed by atoms with Crippen molar-refractivity contribution in [3.8, 4) is 0 Å². The maximum Gasteiger partial charge on any atom is 0.240 e. The summed E-state index contributed by atoms with van der Waals surface area (Å²) in [7, 11) is -3.47. The van der Waals surface area contributed by atoms with Gasteiger partial charge in [0.25, 0.3) is 0 Å². The summed E-state index contributed by atoms with van der Waals surface area (Å²) in [5.41, 5.74) is 5.36. The van der Waals surface area contributed by atoms with Gasteiger partial charge in [0.05, 0.1) is 11.4 Å². The van der Waals surface area contributed by atoms with Crippen LogP contribution in [0.4, 0.5) is 0 Å². The molecule has 1 saturated heterocycles. The number of hydrogen-bond acceptors (Lipinski definition) is 6. The number of rotatable bonds is 12. The van der Waals surface area contributed by atoms with Crippen LogP contribution in [0.15, 0.2) is 12.2 Å². The standard InChI is InChI=1S/C23H37N3O6S/c1-14(9-15(2)10-21(28)26-13-17(27)12-20(26)22(24)29)5-3-4-6-16-11-19(16)23(30)25-33(31,32)18-7-8-18/h4,6,14-20,27H,3,5,7-13H2,1-2H3,(H2,24,29)(H,25,30)/b6-4-. The van der Waals surface area contributed by atoms with Crippen LogP contribution in [-0.2, 0) is 24.4 Å². The summed E-state index contributed by atoms with van der Waals surface area (Å²) in [5.74, 6) is -0.688. The normalized spacial score (nSPS) is 29.1. The first-order chi connectivity index (χ1) is 15.5. The van der Waals surface area contributed by atoms with Crippen molar-refractivity contribution >= 4 is 27.7 Å². The van der Waals surface area contributed by atoms with Gasteiger partial charge in [0.1, 0.15) is 6.04 Å². The fourth-order valence-corrected chi connectivity index (χ4v) is 6.08. The molecular weight excluding hydrogens is 446 g/mol. The molecule has 3 aliphatic rings. The van der Waals surface area contributed by atoms with Crippen LogP contribution < -0.4 is 10.5 Å². The molecule has 0 spiro atoms. The zero-order valence-corrected chi connectivity index (χ0v) is 20.3. The lowest BCUT2D eigenvalue weighted by molar-refractivity contribution is -0.138. The quantitative estimate of drug-likeness (QED) is 0.354. The van der Waals surface area contributed by atoms with Crippen molar-refractivity contribution in [3.63, 3.8) is 0 Å². The van der Waals surface area contributed by atoms with E-state index >= 15 is 0 Å². The number of likely N-dealkylation sites (tertiary alicyclic amines) is 1. The maximum absolute atomic E-state index is 12.6. The first kappa shape index (κ1) is 25.7. The summed E-state index contributed by atoms with van der Waals surface area (Å²) in [6.07, 6.45) is 8.52. The number of sulfonamides is 1. The molecule has 4 N–H and O–H groups in total. The topological polar surface area (TPSA) is 147 Å². The van der Waals surface area contributed by atoms with E-state index in [4.69, 9.17) is 5.73 Å². The van der Waals surface area contributed by atoms with Crippen LogP contribution >= 0.6 is 0 Å². The fourth-order valence-electron chi connectivity index (χ4n) is 4.72. The molecule has 3 amide bonds. The monoisotopic (exact) mass is 483 g/mol. The van der Waals surface area contributed by atoms with Gasteiger partial charge in [-0.05, 0) is 56.3 Å². The second-order valence-electron chi connectivity index (χ2n) is 10.2. The van der Waals surface area contributed by atoms with Gasteiger partial charge < -0.3 is 15.7 Å². The number of primary amides is 1. The Balaban J connectivity index is 1.32.